The topological polar surface area (TPSA) is 66.8 Å². The number of ether oxygens (including phenoxy) is 1. The molecule has 1 aliphatic heterocycles. The average Bonchev–Trinajstić information content (AvgIpc) is 2.95. The predicted molar refractivity (Wildman–Crippen MR) is 79.5 cm³/mol. The third-order valence-corrected chi connectivity index (χ3v) is 4.15. The Morgan fingerprint density at radius 2 is 2.00 bits per heavy atom. The highest BCUT2D eigenvalue weighted by molar-refractivity contribution is 5.85. The SMILES string of the molecule is COC(=O)C1CCCN1c1ccccc1C(C)(C)C(=O)O. The zero-order chi connectivity index (χ0) is 15.6. The van der Waals surface area contributed by atoms with Crippen molar-refractivity contribution in [3.8, 4) is 0 Å². The van der Waals surface area contributed by atoms with Crippen molar-refractivity contribution in [3.63, 3.8) is 0 Å². The number of carboxylic acids is 1. The molecular weight excluding hydrogens is 270 g/mol. The Morgan fingerprint density at radius 1 is 1.33 bits per heavy atom. The van der Waals surface area contributed by atoms with Gasteiger partial charge in [0.2, 0.25) is 0 Å². The number of carbonyl (C=O) groups is 2. The van der Waals surface area contributed by atoms with Crippen molar-refractivity contribution in [2.24, 2.45) is 0 Å². The van der Waals surface area contributed by atoms with Crippen LogP contribution in [0.5, 0.6) is 0 Å². The van der Waals surface area contributed by atoms with Gasteiger partial charge in [-0.2, -0.15) is 0 Å². The molecule has 0 aromatic heterocycles. The highest BCUT2D eigenvalue weighted by Gasteiger charge is 2.37. The Hall–Kier alpha value is -2.04. The summed E-state index contributed by atoms with van der Waals surface area (Å²) in [6, 6.07) is 7.05. The quantitative estimate of drug-likeness (QED) is 0.861. The molecule has 114 valence electrons. The van der Waals surface area contributed by atoms with E-state index in [-0.39, 0.29) is 12.0 Å². The molecule has 1 aliphatic rings. The molecule has 2 rings (SSSR count). The number of anilines is 1. The van der Waals surface area contributed by atoms with E-state index in [0.29, 0.717) is 5.56 Å². The van der Waals surface area contributed by atoms with Crippen molar-refractivity contribution in [1.82, 2.24) is 0 Å². The standard InChI is InChI=1S/C16H21NO4/c1-16(2,15(19)20)11-7-4-5-8-12(11)17-10-6-9-13(17)14(18)21-3/h4-5,7-8,13H,6,9-10H2,1-3H3,(H,19,20). The number of benzene rings is 1. The second kappa shape index (κ2) is 5.76. The molecule has 0 radical (unpaired) electrons. The van der Waals surface area contributed by atoms with Gasteiger partial charge in [0.25, 0.3) is 0 Å². The second-order valence-corrected chi connectivity index (χ2v) is 5.82. The fourth-order valence-corrected chi connectivity index (χ4v) is 2.80. The fourth-order valence-electron chi connectivity index (χ4n) is 2.80. The third kappa shape index (κ3) is 2.73. The minimum Gasteiger partial charge on any atom is -0.481 e. The number of hydrogen-bond acceptors (Lipinski definition) is 4. The molecule has 5 heteroatoms. The maximum Gasteiger partial charge on any atom is 0.328 e. The molecule has 0 amide bonds. The highest BCUT2D eigenvalue weighted by atomic mass is 16.5. The van der Waals surface area contributed by atoms with Crippen LogP contribution in [0, 0.1) is 0 Å². The largest absolute Gasteiger partial charge is 0.481 e. The monoisotopic (exact) mass is 291 g/mol. The molecule has 0 spiro atoms. The predicted octanol–water partition coefficient (Wildman–Crippen LogP) is 2.19. The summed E-state index contributed by atoms with van der Waals surface area (Å²) in [5.41, 5.74) is 0.506. The summed E-state index contributed by atoms with van der Waals surface area (Å²) >= 11 is 0. The molecule has 1 aromatic rings. The molecule has 5 nitrogen and oxygen atoms in total. The molecule has 1 unspecified atom stereocenters. The highest BCUT2D eigenvalue weighted by Crippen LogP contribution is 2.36. The van der Waals surface area contributed by atoms with Gasteiger partial charge in [-0.25, -0.2) is 4.79 Å². The lowest BCUT2D eigenvalue weighted by Crippen LogP contribution is -2.39. The Bertz CT molecular complexity index is 553. The van der Waals surface area contributed by atoms with Crippen LogP contribution in [0.3, 0.4) is 0 Å². The minimum atomic E-state index is -1.01. The summed E-state index contributed by atoms with van der Waals surface area (Å²) in [7, 11) is 1.38. The molecule has 0 aliphatic carbocycles. The number of nitrogens with zero attached hydrogens (tertiary/aromatic N) is 1. The number of esters is 1. The van der Waals surface area contributed by atoms with E-state index in [9.17, 15) is 14.7 Å². The number of rotatable bonds is 4. The molecule has 0 bridgehead atoms. The van der Waals surface area contributed by atoms with E-state index in [1.54, 1.807) is 13.8 Å². The van der Waals surface area contributed by atoms with Gasteiger partial charge in [-0.3, -0.25) is 4.79 Å². The molecule has 1 fully saturated rings. The van der Waals surface area contributed by atoms with E-state index in [1.807, 2.05) is 29.2 Å². The Morgan fingerprint density at radius 3 is 2.62 bits per heavy atom. The van der Waals surface area contributed by atoms with Crippen LogP contribution in [-0.4, -0.2) is 36.7 Å². The molecular formula is C16H21NO4. The second-order valence-electron chi connectivity index (χ2n) is 5.82. The van der Waals surface area contributed by atoms with Gasteiger partial charge in [-0.15, -0.1) is 0 Å². The van der Waals surface area contributed by atoms with E-state index in [2.05, 4.69) is 0 Å². The molecule has 1 atom stereocenters. The van der Waals surface area contributed by atoms with E-state index >= 15 is 0 Å². The van der Waals surface area contributed by atoms with Crippen LogP contribution in [0.25, 0.3) is 0 Å². The van der Waals surface area contributed by atoms with Crippen molar-refractivity contribution in [3.05, 3.63) is 29.8 Å². The Labute approximate surface area is 124 Å². The van der Waals surface area contributed by atoms with Gasteiger partial charge in [0.15, 0.2) is 0 Å². The van der Waals surface area contributed by atoms with Crippen LogP contribution in [0.4, 0.5) is 5.69 Å². The Kier molecular flexibility index (Phi) is 4.21. The normalized spacial score (nSPS) is 18.6. The maximum atomic E-state index is 11.9. The zero-order valence-electron chi connectivity index (χ0n) is 12.6. The van der Waals surface area contributed by atoms with Crippen LogP contribution >= 0.6 is 0 Å². The molecule has 1 saturated heterocycles. The van der Waals surface area contributed by atoms with Crippen LogP contribution in [0.1, 0.15) is 32.3 Å². The summed E-state index contributed by atoms with van der Waals surface area (Å²) in [5, 5.41) is 9.47. The van der Waals surface area contributed by atoms with Gasteiger partial charge in [0.05, 0.1) is 12.5 Å². The van der Waals surface area contributed by atoms with Gasteiger partial charge in [-0.1, -0.05) is 18.2 Å². The van der Waals surface area contributed by atoms with E-state index in [4.69, 9.17) is 4.74 Å². The first-order valence-electron chi connectivity index (χ1n) is 7.07. The van der Waals surface area contributed by atoms with Crippen LogP contribution in [0.15, 0.2) is 24.3 Å². The molecule has 1 aromatic carbocycles. The first kappa shape index (κ1) is 15.4. The first-order valence-corrected chi connectivity index (χ1v) is 7.07. The summed E-state index contributed by atoms with van der Waals surface area (Å²) in [6.45, 7) is 4.08. The number of aliphatic carboxylic acids is 1. The van der Waals surface area contributed by atoms with Gasteiger partial charge in [-0.05, 0) is 38.3 Å². The van der Waals surface area contributed by atoms with Crippen molar-refractivity contribution < 1.29 is 19.4 Å². The van der Waals surface area contributed by atoms with Gasteiger partial charge in [0.1, 0.15) is 6.04 Å². The maximum absolute atomic E-state index is 11.9. The van der Waals surface area contributed by atoms with Crippen LogP contribution in [-0.2, 0) is 19.7 Å². The van der Waals surface area contributed by atoms with Crippen molar-refractivity contribution in [2.75, 3.05) is 18.6 Å². The number of methoxy groups -OCH3 is 1. The zero-order valence-corrected chi connectivity index (χ0v) is 12.6. The minimum absolute atomic E-state index is 0.268. The summed E-state index contributed by atoms with van der Waals surface area (Å²) in [6.07, 6.45) is 1.62. The smallest absolute Gasteiger partial charge is 0.328 e. The van der Waals surface area contributed by atoms with Gasteiger partial charge < -0.3 is 14.7 Å². The molecule has 21 heavy (non-hydrogen) atoms. The Balaban J connectivity index is 2.45. The lowest BCUT2D eigenvalue weighted by atomic mass is 9.83. The fraction of sp³-hybridized carbons (Fsp3) is 0.500. The summed E-state index contributed by atoms with van der Waals surface area (Å²) in [5.74, 6) is -1.15. The average molecular weight is 291 g/mol. The van der Waals surface area contributed by atoms with Crippen LogP contribution < -0.4 is 4.90 Å². The van der Waals surface area contributed by atoms with E-state index in [0.717, 1.165) is 25.1 Å². The number of para-hydroxylation sites is 1. The molecule has 1 N–H and O–H groups in total. The summed E-state index contributed by atoms with van der Waals surface area (Å²) in [4.78, 5) is 25.4. The lowest BCUT2D eigenvalue weighted by Gasteiger charge is -2.31. The third-order valence-electron chi connectivity index (χ3n) is 4.15. The number of hydrogen-bond donors (Lipinski definition) is 1. The number of carboxylic acid groups (broad SMARTS) is 1. The lowest BCUT2D eigenvalue weighted by molar-refractivity contribution is -0.142. The van der Waals surface area contributed by atoms with Crippen LogP contribution in [0.2, 0.25) is 0 Å². The van der Waals surface area contributed by atoms with Crippen molar-refractivity contribution in [2.45, 2.75) is 38.1 Å². The molecule has 1 heterocycles. The van der Waals surface area contributed by atoms with Crippen molar-refractivity contribution >= 4 is 17.6 Å². The summed E-state index contributed by atoms with van der Waals surface area (Å²) < 4.78 is 4.86. The van der Waals surface area contributed by atoms with E-state index < -0.39 is 11.4 Å². The van der Waals surface area contributed by atoms with E-state index in [1.165, 1.54) is 7.11 Å². The van der Waals surface area contributed by atoms with Gasteiger partial charge >= 0.3 is 11.9 Å². The number of carbonyl (C=O) groups excluding carboxylic acids is 1. The van der Waals surface area contributed by atoms with Gasteiger partial charge in [0, 0.05) is 12.2 Å². The van der Waals surface area contributed by atoms with Crippen molar-refractivity contribution in [1.29, 1.82) is 0 Å². The first-order chi connectivity index (χ1) is 9.89. The molecule has 0 saturated carbocycles.